The molecule has 5 rings (SSSR count). The number of methoxy groups -OCH3 is 2. The molecule has 150 valence electrons. The zero-order valence-corrected chi connectivity index (χ0v) is 16.8. The van der Waals surface area contributed by atoms with Crippen LogP contribution in [0.2, 0.25) is 0 Å². The lowest BCUT2D eigenvalue weighted by Crippen LogP contribution is -2.34. The Balaban J connectivity index is 1.52. The second-order valence-corrected chi connectivity index (χ2v) is 7.67. The van der Waals surface area contributed by atoms with Crippen LogP contribution in [0.5, 0.6) is 23.0 Å². The van der Waals surface area contributed by atoms with Crippen LogP contribution in [0.15, 0.2) is 30.0 Å². The molecule has 6 nitrogen and oxygen atoms in total. The van der Waals surface area contributed by atoms with Crippen molar-refractivity contribution in [2.45, 2.75) is 32.4 Å². The molecule has 2 heterocycles. The summed E-state index contributed by atoms with van der Waals surface area (Å²) in [4.78, 5) is 15.4. The van der Waals surface area contributed by atoms with Crippen LogP contribution >= 0.6 is 0 Å². The van der Waals surface area contributed by atoms with Gasteiger partial charge in [-0.2, -0.15) is 0 Å². The van der Waals surface area contributed by atoms with Gasteiger partial charge in [-0.15, -0.1) is 0 Å². The molecular weight excluding hydrogens is 370 g/mol. The monoisotopic (exact) mass is 393 g/mol. The maximum Gasteiger partial charge on any atom is 0.231 e. The first kappa shape index (κ1) is 18.1. The lowest BCUT2D eigenvalue weighted by molar-refractivity contribution is 0.0872. The van der Waals surface area contributed by atoms with Crippen molar-refractivity contribution in [3.05, 3.63) is 52.3 Å². The van der Waals surface area contributed by atoms with Crippen LogP contribution < -0.4 is 18.9 Å². The summed E-state index contributed by atoms with van der Waals surface area (Å²) in [7, 11) is 3.20. The number of hydrogen-bond acceptors (Lipinski definition) is 6. The van der Waals surface area contributed by atoms with Gasteiger partial charge in [0.15, 0.2) is 5.76 Å². The van der Waals surface area contributed by atoms with E-state index in [-0.39, 0.29) is 11.5 Å². The van der Waals surface area contributed by atoms with E-state index in [2.05, 4.69) is 4.90 Å². The van der Waals surface area contributed by atoms with Crippen molar-refractivity contribution >= 4 is 11.9 Å². The van der Waals surface area contributed by atoms with E-state index in [1.165, 1.54) is 12.8 Å². The maximum atomic E-state index is 13.1. The largest absolute Gasteiger partial charge is 0.497 e. The molecule has 0 bridgehead atoms. The van der Waals surface area contributed by atoms with Crippen molar-refractivity contribution in [2.24, 2.45) is 0 Å². The number of nitrogens with zero attached hydrogens (tertiary/aromatic N) is 1. The number of ether oxygens (including phenoxy) is 4. The van der Waals surface area contributed by atoms with Crippen molar-refractivity contribution < 1.29 is 23.7 Å². The number of hydrogen-bond donors (Lipinski definition) is 0. The number of Topliss-reactive ketones (excluding diaryl/α,β-unsaturated/α-hetero) is 1. The molecule has 0 amide bonds. The summed E-state index contributed by atoms with van der Waals surface area (Å²) in [6.07, 6.45) is 4.15. The molecule has 0 saturated heterocycles. The zero-order valence-electron chi connectivity index (χ0n) is 16.8. The lowest BCUT2D eigenvalue weighted by Gasteiger charge is -2.30. The van der Waals surface area contributed by atoms with Gasteiger partial charge in [-0.1, -0.05) is 0 Å². The second-order valence-electron chi connectivity index (χ2n) is 7.67. The molecule has 6 heteroatoms. The Morgan fingerprint density at radius 2 is 1.97 bits per heavy atom. The minimum absolute atomic E-state index is 0.126. The van der Waals surface area contributed by atoms with Crippen LogP contribution in [0.4, 0.5) is 0 Å². The highest BCUT2D eigenvalue weighted by molar-refractivity contribution is 6.15. The number of carbonyl (C=O) groups is 1. The standard InChI is InChI=1S/C23H23NO5/c1-13-22-15(11-24(12-28-22)16-4-5-16)9-18-21(25)20(29-23(13)18)10-14-8-17(26-2)6-7-19(14)27-3/h6-10,16H,4-5,11-12H2,1-3H3/b20-10-. The van der Waals surface area contributed by atoms with Gasteiger partial charge in [-0.05, 0) is 50.1 Å². The van der Waals surface area contributed by atoms with E-state index in [1.807, 2.05) is 31.2 Å². The Bertz CT molecular complexity index is 1040. The van der Waals surface area contributed by atoms with Gasteiger partial charge in [0.2, 0.25) is 5.78 Å². The van der Waals surface area contributed by atoms with Gasteiger partial charge < -0.3 is 18.9 Å². The van der Waals surface area contributed by atoms with Crippen molar-refractivity contribution in [2.75, 3.05) is 21.0 Å². The molecule has 3 aliphatic rings. The van der Waals surface area contributed by atoms with E-state index in [1.54, 1.807) is 20.3 Å². The van der Waals surface area contributed by atoms with Crippen LogP contribution in [0.25, 0.3) is 6.08 Å². The molecule has 0 N–H and O–H groups in total. The fourth-order valence-electron chi connectivity index (χ4n) is 4.03. The minimum Gasteiger partial charge on any atom is -0.497 e. The van der Waals surface area contributed by atoms with E-state index < -0.39 is 0 Å². The van der Waals surface area contributed by atoms with Crippen LogP contribution in [0.1, 0.15) is 39.9 Å². The number of ketones is 1. The first-order chi connectivity index (χ1) is 14.1. The summed E-state index contributed by atoms with van der Waals surface area (Å²) in [5, 5.41) is 0. The van der Waals surface area contributed by atoms with E-state index in [0.717, 1.165) is 29.0 Å². The Labute approximate surface area is 169 Å². The Morgan fingerprint density at radius 1 is 1.14 bits per heavy atom. The van der Waals surface area contributed by atoms with Gasteiger partial charge >= 0.3 is 0 Å². The molecule has 0 radical (unpaired) electrons. The molecule has 0 unspecified atom stereocenters. The van der Waals surface area contributed by atoms with Crippen molar-refractivity contribution in [1.29, 1.82) is 0 Å². The second kappa shape index (κ2) is 6.81. The Kier molecular flexibility index (Phi) is 4.24. The highest BCUT2D eigenvalue weighted by Crippen LogP contribution is 2.44. The van der Waals surface area contributed by atoms with E-state index >= 15 is 0 Å². The van der Waals surface area contributed by atoms with Gasteiger partial charge in [-0.25, -0.2) is 0 Å². The smallest absolute Gasteiger partial charge is 0.231 e. The van der Waals surface area contributed by atoms with Crippen molar-refractivity contribution in [1.82, 2.24) is 4.90 Å². The first-order valence-corrected chi connectivity index (χ1v) is 9.78. The van der Waals surface area contributed by atoms with Crippen LogP contribution in [0, 0.1) is 6.92 Å². The minimum atomic E-state index is -0.126. The van der Waals surface area contributed by atoms with Gasteiger partial charge in [0.25, 0.3) is 0 Å². The fourth-order valence-corrected chi connectivity index (χ4v) is 4.03. The molecule has 0 spiro atoms. The summed E-state index contributed by atoms with van der Waals surface area (Å²) >= 11 is 0. The third-order valence-corrected chi connectivity index (χ3v) is 5.75. The summed E-state index contributed by atoms with van der Waals surface area (Å²) in [5.41, 5.74) is 3.25. The number of carbonyl (C=O) groups excluding carboxylic acids is 1. The van der Waals surface area contributed by atoms with E-state index in [0.29, 0.717) is 35.6 Å². The summed E-state index contributed by atoms with van der Waals surface area (Å²) in [6, 6.07) is 7.98. The number of allylic oxidation sites excluding steroid dienone is 1. The number of rotatable bonds is 4. The first-order valence-electron chi connectivity index (χ1n) is 9.78. The molecule has 0 aromatic heterocycles. The quantitative estimate of drug-likeness (QED) is 0.734. The highest BCUT2D eigenvalue weighted by atomic mass is 16.5. The lowest BCUT2D eigenvalue weighted by atomic mass is 10.00. The predicted octanol–water partition coefficient (Wildman–Crippen LogP) is 3.94. The van der Waals surface area contributed by atoms with Crippen molar-refractivity contribution in [3.8, 4) is 23.0 Å². The summed E-state index contributed by atoms with van der Waals surface area (Å²) in [5.74, 6) is 2.90. The molecule has 29 heavy (non-hydrogen) atoms. The average molecular weight is 393 g/mol. The van der Waals surface area contributed by atoms with E-state index in [9.17, 15) is 4.79 Å². The molecule has 2 aliphatic heterocycles. The molecule has 1 aliphatic carbocycles. The van der Waals surface area contributed by atoms with E-state index in [4.69, 9.17) is 18.9 Å². The van der Waals surface area contributed by atoms with Crippen LogP contribution in [-0.2, 0) is 6.54 Å². The number of benzene rings is 2. The maximum absolute atomic E-state index is 13.1. The Hall–Kier alpha value is -2.99. The molecule has 0 atom stereocenters. The normalized spacial score (nSPS) is 19.4. The molecular formula is C23H23NO5. The topological polar surface area (TPSA) is 57.2 Å². The SMILES string of the molecule is COc1ccc(OC)c(/C=C2\Oc3c(cc4c(c3C)OCN(C3CC3)C4)C2=O)c1. The van der Waals surface area contributed by atoms with Gasteiger partial charge in [0.05, 0.1) is 19.8 Å². The number of fused-ring (bicyclic) bond motifs is 2. The summed E-state index contributed by atoms with van der Waals surface area (Å²) < 4.78 is 22.7. The molecule has 2 aromatic carbocycles. The zero-order chi connectivity index (χ0) is 20.1. The van der Waals surface area contributed by atoms with Crippen LogP contribution in [-0.4, -0.2) is 37.7 Å². The third kappa shape index (κ3) is 3.04. The summed E-state index contributed by atoms with van der Waals surface area (Å²) in [6.45, 7) is 3.35. The van der Waals surface area contributed by atoms with Crippen LogP contribution in [0.3, 0.4) is 0 Å². The van der Waals surface area contributed by atoms with Crippen molar-refractivity contribution in [3.63, 3.8) is 0 Å². The molecule has 2 aromatic rings. The average Bonchev–Trinajstić information content (AvgIpc) is 3.54. The third-order valence-electron chi connectivity index (χ3n) is 5.75. The highest BCUT2D eigenvalue weighted by Gasteiger charge is 2.36. The van der Waals surface area contributed by atoms with Gasteiger partial charge in [0.1, 0.15) is 29.7 Å². The Morgan fingerprint density at radius 3 is 2.69 bits per heavy atom. The predicted molar refractivity (Wildman–Crippen MR) is 108 cm³/mol. The molecule has 1 saturated carbocycles. The van der Waals surface area contributed by atoms with Gasteiger partial charge in [-0.3, -0.25) is 9.69 Å². The fraction of sp³-hybridized carbons (Fsp3) is 0.348. The molecule has 1 fully saturated rings. The van der Waals surface area contributed by atoms with Gasteiger partial charge in [0, 0.05) is 29.3 Å².